The number of aryl methyl sites for hydroxylation is 1. The molecule has 0 N–H and O–H groups in total. The molecule has 3 aromatic rings. The van der Waals surface area contributed by atoms with Gasteiger partial charge >= 0.3 is 11.6 Å². The molecular weight excluding hydrogens is 336 g/mol. The van der Waals surface area contributed by atoms with Crippen molar-refractivity contribution in [2.75, 3.05) is 14.2 Å². The highest BCUT2D eigenvalue weighted by Crippen LogP contribution is 2.24. The number of fused-ring (bicyclic) bond motifs is 1. The summed E-state index contributed by atoms with van der Waals surface area (Å²) in [5.74, 6) is 0.475. The van der Waals surface area contributed by atoms with Gasteiger partial charge in [0, 0.05) is 23.1 Å². The van der Waals surface area contributed by atoms with Crippen LogP contribution in [0.2, 0.25) is 0 Å². The Kier molecular flexibility index (Phi) is 4.93. The highest BCUT2D eigenvalue weighted by molar-refractivity contribution is 5.93. The summed E-state index contributed by atoms with van der Waals surface area (Å²) < 4.78 is 20.9. The van der Waals surface area contributed by atoms with Crippen LogP contribution in [0.3, 0.4) is 0 Å². The molecule has 3 rings (SSSR count). The van der Waals surface area contributed by atoms with Crippen LogP contribution in [0.25, 0.3) is 11.0 Å². The smallest absolute Gasteiger partial charge is 0.342 e. The first-order chi connectivity index (χ1) is 12.5. The number of rotatable bonds is 5. The van der Waals surface area contributed by atoms with Crippen LogP contribution in [-0.2, 0) is 11.3 Å². The molecule has 0 unspecified atom stereocenters. The summed E-state index contributed by atoms with van der Waals surface area (Å²) in [5.41, 5.74) is 1.65. The van der Waals surface area contributed by atoms with E-state index in [0.29, 0.717) is 33.6 Å². The number of hydrogen-bond acceptors (Lipinski definition) is 6. The van der Waals surface area contributed by atoms with Gasteiger partial charge in [0.2, 0.25) is 0 Å². The topological polar surface area (TPSA) is 75.0 Å². The molecule has 1 heterocycles. The third-order valence-corrected chi connectivity index (χ3v) is 3.97. The first-order valence-electron chi connectivity index (χ1n) is 7.94. The average molecular weight is 354 g/mol. The summed E-state index contributed by atoms with van der Waals surface area (Å²) in [7, 11) is 3.02. The molecule has 0 aliphatic rings. The minimum absolute atomic E-state index is 0.0651. The van der Waals surface area contributed by atoms with Crippen molar-refractivity contribution in [1.82, 2.24) is 0 Å². The third-order valence-electron chi connectivity index (χ3n) is 3.97. The molecule has 0 atom stereocenters. The second-order valence-electron chi connectivity index (χ2n) is 5.73. The molecule has 0 aliphatic carbocycles. The maximum atomic E-state index is 12.4. The standard InChI is InChI=1S/C20H18O6/c1-12-4-7-17(24-3)16(8-12)20(22)25-11-13-9-19(21)26-18-10-14(23-2)5-6-15(13)18/h4-10H,11H2,1-3H3. The summed E-state index contributed by atoms with van der Waals surface area (Å²) in [6.45, 7) is 1.81. The number of esters is 1. The molecule has 2 aromatic carbocycles. The number of benzene rings is 2. The monoisotopic (exact) mass is 354 g/mol. The van der Waals surface area contributed by atoms with Crippen molar-refractivity contribution in [1.29, 1.82) is 0 Å². The fourth-order valence-corrected chi connectivity index (χ4v) is 2.66. The zero-order valence-electron chi connectivity index (χ0n) is 14.7. The lowest BCUT2D eigenvalue weighted by Crippen LogP contribution is -2.09. The van der Waals surface area contributed by atoms with E-state index in [1.165, 1.54) is 20.3 Å². The summed E-state index contributed by atoms with van der Waals surface area (Å²) in [6.07, 6.45) is 0. The van der Waals surface area contributed by atoms with Crippen molar-refractivity contribution in [2.24, 2.45) is 0 Å². The van der Waals surface area contributed by atoms with Crippen LogP contribution in [0.4, 0.5) is 0 Å². The van der Waals surface area contributed by atoms with Crippen molar-refractivity contribution >= 4 is 16.9 Å². The van der Waals surface area contributed by atoms with Gasteiger partial charge in [-0.3, -0.25) is 0 Å². The largest absolute Gasteiger partial charge is 0.497 e. The van der Waals surface area contributed by atoms with E-state index in [2.05, 4.69) is 0 Å². The summed E-state index contributed by atoms with van der Waals surface area (Å²) in [4.78, 5) is 24.2. The Morgan fingerprint density at radius 2 is 1.85 bits per heavy atom. The molecule has 0 aliphatic heterocycles. The summed E-state index contributed by atoms with van der Waals surface area (Å²) in [6, 6.07) is 11.7. The van der Waals surface area contributed by atoms with Crippen LogP contribution in [0.5, 0.6) is 11.5 Å². The molecule has 0 amide bonds. The van der Waals surface area contributed by atoms with E-state index in [9.17, 15) is 9.59 Å². The Morgan fingerprint density at radius 3 is 2.58 bits per heavy atom. The molecule has 6 nitrogen and oxygen atoms in total. The average Bonchev–Trinajstić information content (AvgIpc) is 2.65. The Hall–Kier alpha value is -3.28. The molecule has 0 spiro atoms. The lowest BCUT2D eigenvalue weighted by atomic mass is 10.1. The Morgan fingerprint density at radius 1 is 1.04 bits per heavy atom. The molecule has 0 fully saturated rings. The number of ether oxygens (including phenoxy) is 3. The number of methoxy groups -OCH3 is 2. The van der Waals surface area contributed by atoms with Crippen LogP contribution in [0.15, 0.2) is 51.7 Å². The summed E-state index contributed by atoms with van der Waals surface area (Å²) >= 11 is 0. The van der Waals surface area contributed by atoms with Gasteiger partial charge in [0.25, 0.3) is 0 Å². The minimum Gasteiger partial charge on any atom is -0.497 e. The second-order valence-corrected chi connectivity index (χ2v) is 5.73. The fraction of sp³-hybridized carbons (Fsp3) is 0.200. The van der Waals surface area contributed by atoms with Crippen LogP contribution >= 0.6 is 0 Å². The van der Waals surface area contributed by atoms with E-state index in [1.807, 2.05) is 13.0 Å². The van der Waals surface area contributed by atoms with Crippen LogP contribution in [-0.4, -0.2) is 20.2 Å². The number of hydrogen-bond donors (Lipinski definition) is 0. The molecule has 0 radical (unpaired) electrons. The van der Waals surface area contributed by atoms with Crippen molar-refractivity contribution in [3.63, 3.8) is 0 Å². The van der Waals surface area contributed by atoms with Gasteiger partial charge in [0.15, 0.2) is 0 Å². The maximum absolute atomic E-state index is 12.4. The van der Waals surface area contributed by atoms with Crippen molar-refractivity contribution in [3.8, 4) is 11.5 Å². The van der Waals surface area contributed by atoms with Gasteiger partial charge in [-0.1, -0.05) is 11.6 Å². The Labute approximate surface area is 149 Å². The van der Waals surface area contributed by atoms with Gasteiger partial charge in [-0.2, -0.15) is 0 Å². The van der Waals surface area contributed by atoms with E-state index < -0.39 is 11.6 Å². The number of carbonyl (C=O) groups excluding carboxylic acids is 1. The van der Waals surface area contributed by atoms with Gasteiger partial charge in [-0.25, -0.2) is 9.59 Å². The van der Waals surface area contributed by atoms with Crippen LogP contribution in [0, 0.1) is 6.92 Å². The van der Waals surface area contributed by atoms with Crippen LogP contribution < -0.4 is 15.1 Å². The predicted molar refractivity (Wildman–Crippen MR) is 95.9 cm³/mol. The fourth-order valence-electron chi connectivity index (χ4n) is 2.66. The molecular formula is C20H18O6. The van der Waals surface area contributed by atoms with Crippen molar-refractivity contribution < 1.29 is 23.4 Å². The molecule has 0 saturated carbocycles. The lowest BCUT2D eigenvalue weighted by molar-refractivity contribution is 0.0470. The third kappa shape index (κ3) is 3.54. The molecule has 0 saturated heterocycles. The van der Waals surface area contributed by atoms with E-state index >= 15 is 0 Å². The predicted octanol–water partition coefficient (Wildman–Crippen LogP) is 3.48. The zero-order valence-corrected chi connectivity index (χ0v) is 14.7. The molecule has 134 valence electrons. The van der Waals surface area contributed by atoms with E-state index in [0.717, 1.165) is 5.56 Å². The van der Waals surface area contributed by atoms with E-state index in [-0.39, 0.29) is 6.61 Å². The second kappa shape index (κ2) is 7.31. The van der Waals surface area contributed by atoms with Gasteiger partial charge in [0.05, 0.1) is 14.2 Å². The first kappa shape index (κ1) is 17.5. The van der Waals surface area contributed by atoms with E-state index in [4.69, 9.17) is 18.6 Å². The molecule has 26 heavy (non-hydrogen) atoms. The van der Waals surface area contributed by atoms with Crippen molar-refractivity contribution in [3.05, 3.63) is 69.6 Å². The van der Waals surface area contributed by atoms with Gasteiger partial charge in [0.1, 0.15) is 29.3 Å². The highest BCUT2D eigenvalue weighted by Gasteiger charge is 2.15. The highest BCUT2D eigenvalue weighted by atomic mass is 16.5. The minimum atomic E-state index is -0.527. The maximum Gasteiger partial charge on any atom is 0.342 e. The normalized spacial score (nSPS) is 10.6. The number of carbonyl (C=O) groups is 1. The van der Waals surface area contributed by atoms with E-state index in [1.54, 1.807) is 30.3 Å². The Bertz CT molecular complexity index is 1020. The molecule has 6 heteroatoms. The Balaban J connectivity index is 1.89. The van der Waals surface area contributed by atoms with Gasteiger partial charge < -0.3 is 18.6 Å². The molecule has 1 aromatic heterocycles. The van der Waals surface area contributed by atoms with Gasteiger partial charge in [-0.05, 0) is 31.2 Å². The quantitative estimate of drug-likeness (QED) is 0.516. The SMILES string of the molecule is COc1ccc2c(COC(=O)c3cc(C)ccc3OC)cc(=O)oc2c1. The molecule has 0 bridgehead atoms. The lowest BCUT2D eigenvalue weighted by Gasteiger charge is -2.11. The van der Waals surface area contributed by atoms with Gasteiger partial charge in [-0.15, -0.1) is 0 Å². The first-order valence-corrected chi connectivity index (χ1v) is 7.94. The zero-order chi connectivity index (χ0) is 18.7. The van der Waals surface area contributed by atoms with Crippen molar-refractivity contribution in [2.45, 2.75) is 13.5 Å². The van der Waals surface area contributed by atoms with Crippen LogP contribution in [0.1, 0.15) is 21.5 Å². The summed E-state index contributed by atoms with van der Waals surface area (Å²) in [5, 5.41) is 0.675.